The van der Waals surface area contributed by atoms with E-state index in [9.17, 15) is 26.3 Å². The number of likely N-dealkylation sites (N-methyl/N-ethyl adjacent to an activating group) is 1. The largest absolute Gasteiger partial charge is 0.490 e. The normalized spacial score (nSPS) is 17.0. The summed E-state index contributed by atoms with van der Waals surface area (Å²) in [4.78, 5) is 19.3. The van der Waals surface area contributed by atoms with Gasteiger partial charge >= 0.3 is 18.3 Å². The molecule has 4 N–H and O–H groups in total. The second-order valence-electron chi connectivity index (χ2n) is 6.92. The van der Waals surface area contributed by atoms with Crippen molar-refractivity contribution in [3.63, 3.8) is 0 Å². The van der Waals surface area contributed by atoms with Gasteiger partial charge in [-0.05, 0) is 31.7 Å². The predicted molar refractivity (Wildman–Crippen MR) is 102 cm³/mol. The van der Waals surface area contributed by atoms with E-state index in [0.717, 1.165) is 25.1 Å². The minimum absolute atomic E-state index is 0.00974. The first kappa shape index (κ1) is 23.4. The number of hydrogen-bond acceptors (Lipinski definition) is 7. The van der Waals surface area contributed by atoms with Crippen LogP contribution in [-0.4, -0.2) is 53.4 Å². The summed E-state index contributed by atoms with van der Waals surface area (Å²) in [5.74, 6) is -2.23. The van der Waals surface area contributed by atoms with Gasteiger partial charge in [-0.2, -0.15) is 31.3 Å². The van der Waals surface area contributed by atoms with E-state index in [1.165, 1.54) is 6.07 Å². The van der Waals surface area contributed by atoms with E-state index in [2.05, 4.69) is 15.3 Å². The topological polar surface area (TPSA) is 118 Å². The van der Waals surface area contributed by atoms with E-state index in [-0.39, 0.29) is 11.3 Å². The molecule has 0 unspecified atom stereocenters. The Balaban J connectivity index is 0.000000360. The molecule has 1 saturated heterocycles. The third kappa shape index (κ3) is 4.79. The number of benzene rings is 1. The molecule has 3 heterocycles. The molecular weight excluding hydrogens is 448 g/mol. The van der Waals surface area contributed by atoms with Crippen LogP contribution in [0.1, 0.15) is 12.0 Å². The highest BCUT2D eigenvalue weighted by Crippen LogP contribution is 2.38. The quantitative estimate of drug-likeness (QED) is 0.493. The van der Waals surface area contributed by atoms with Gasteiger partial charge in [0.15, 0.2) is 11.4 Å². The van der Waals surface area contributed by atoms with Crippen LogP contribution in [0.3, 0.4) is 0 Å². The molecule has 2 aromatic heterocycles. The van der Waals surface area contributed by atoms with E-state index >= 15 is 0 Å². The molecule has 174 valence electrons. The van der Waals surface area contributed by atoms with Gasteiger partial charge in [0.2, 0.25) is 5.95 Å². The highest BCUT2D eigenvalue weighted by atomic mass is 19.4. The number of carboxylic acid groups (broad SMARTS) is 1. The minimum Gasteiger partial charge on any atom is -0.475 e. The standard InChI is InChI=1S/C16H16F3N5O.C2HF3O2/c1-21-9-4-5-24(7-9)14-13-12(22-15(20)23-14)10-6-8(16(17,18)19)2-3-11(10)25-13;3-2(4,5)1(6)7/h2-3,6,9,21H,4-5,7H2,1H3,(H2,20,22,23);(H,6,7)/t9-;/m1./s1. The Morgan fingerprint density at radius 1 is 1.25 bits per heavy atom. The SMILES string of the molecule is CN[C@@H]1CCN(c2nc(N)nc3c2oc2ccc(C(F)(F)F)cc23)C1.O=C(O)C(F)(F)F. The van der Waals surface area contributed by atoms with Crippen molar-refractivity contribution >= 4 is 39.8 Å². The second kappa shape index (κ2) is 8.33. The summed E-state index contributed by atoms with van der Waals surface area (Å²) >= 11 is 0. The van der Waals surface area contributed by atoms with Gasteiger partial charge in [0.1, 0.15) is 11.1 Å². The number of hydrogen-bond donors (Lipinski definition) is 3. The molecule has 4 rings (SSSR count). The van der Waals surface area contributed by atoms with Crippen molar-refractivity contribution in [1.29, 1.82) is 0 Å². The summed E-state index contributed by atoms with van der Waals surface area (Å²) in [7, 11) is 1.89. The van der Waals surface area contributed by atoms with Crippen molar-refractivity contribution < 1.29 is 40.7 Å². The Kier molecular flexibility index (Phi) is 6.09. The average Bonchev–Trinajstić information content (AvgIpc) is 3.30. The summed E-state index contributed by atoms with van der Waals surface area (Å²) in [5, 5.41) is 10.6. The Hall–Kier alpha value is -3.29. The number of alkyl halides is 6. The van der Waals surface area contributed by atoms with E-state index < -0.39 is 23.9 Å². The van der Waals surface area contributed by atoms with Gasteiger partial charge in [0, 0.05) is 24.5 Å². The number of rotatable bonds is 2. The van der Waals surface area contributed by atoms with Crippen LogP contribution in [0.2, 0.25) is 0 Å². The van der Waals surface area contributed by atoms with Gasteiger partial charge in [-0.15, -0.1) is 0 Å². The number of aromatic nitrogens is 2. The van der Waals surface area contributed by atoms with E-state index in [1.54, 1.807) is 0 Å². The average molecular weight is 465 g/mol. The molecule has 0 saturated carbocycles. The molecule has 0 amide bonds. The third-order valence-electron chi connectivity index (χ3n) is 4.78. The number of nitrogen functional groups attached to an aromatic ring is 1. The molecule has 1 aliphatic rings. The summed E-state index contributed by atoms with van der Waals surface area (Å²) in [6.07, 6.45) is -8.59. The zero-order chi connectivity index (χ0) is 23.8. The summed E-state index contributed by atoms with van der Waals surface area (Å²) in [6.45, 7) is 1.47. The Morgan fingerprint density at radius 3 is 2.44 bits per heavy atom. The van der Waals surface area contributed by atoms with Gasteiger partial charge in [-0.3, -0.25) is 0 Å². The number of anilines is 2. The smallest absolute Gasteiger partial charge is 0.475 e. The molecule has 3 aromatic rings. The summed E-state index contributed by atoms with van der Waals surface area (Å²) < 4.78 is 76.5. The van der Waals surface area contributed by atoms with Crippen LogP contribution in [0.5, 0.6) is 0 Å². The molecule has 0 radical (unpaired) electrons. The number of carbonyl (C=O) groups is 1. The molecule has 1 atom stereocenters. The van der Waals surface area contributed by atoms with Gasteiger partial charge in [0.05, 0.1) is 5.56 Å². The highest BCUT2D eigenvalue weighted by molar-refractivity contribution is 6.06. The zero-order valence-corrected chi connectivity index (χ0v) is 16.4. The molecule has 14 heteroatoms. The van der Waals surface area contributed by atoms with E-state index in [0.29, 0.717) is 35.1 Å². The van der Waals surface area contributed by atoms with Crippen molar-refractivity contribution in [2.75, 3.05) is 30.8 Å². The molecule has 1 fully saturated rings. The minimum atomic E-state index is -5.08. The van der Waals surface area contributed by atoms with Gasteiger partial charge in [-0.25, -0.2) is 9.78 Å². The van der Waals surface area contributed by atoms with Crippen LogP contribution in [-0.2, 0) is 11.0 Å². The first-order valence-corrected chi connectivity index (χ1v) is 9.10. The molecule has 0 spiro atoms. The lowest BCUT2D eigenvalue weighted by molar-refractivity contribution is -0.192. The fourth-order valence-corrected chi connectivity index (χ4v) is 3.22. The highest BCUT2D eigenvalue weighted by Gasteiger charge is 2.38. The van der Waals surface area contributed by atoms with Crippen LogP contribution >= 0.6 is 0 Å². The maximum absolute atomic E-state index is 13.0. The molecule has 1 aromatic carbocycles. The van der Waals surface area contributed by atoms with Crippen LogP contribution in [0.4, 0.5) is 38.1 Å². The zero-order valence-electron chi connectivity index (χ0n) is 16.4. The van der Waals surface area contributed by atoms with Crippen molar-refractivity contribution in [1.82, 2.24) is 15.3 Å². The van der Waals surface area contributed by atoms with Crippen LogP contribution in [0, 0.1) is 0 Å². The molecule has 0 bridgehead atoms. The van der Waals surface area contributed by atoms with Crippen LogP contribution in [0.15, 0.2) is 22.6 Å². The lowest BCUT2D eigenvalue weighted by atomic mass is 10.1. The van der Waals surface area contributed by atoms with Crippen LogP contribution < -0.4 is 16.0 Å². The molecule has 1 aliphatic heterocycles. The number of nitrogens with zero attached hydrogens (tertiary/aromatic N) is 3. The molecule has 32 heavy (non-hydrogen) atoms. The third-order valence-corrected chi connectivity index (χ3v) is 4.78. The Labute approximate surface area is 176 Å². The van der Waals surface area contributed by atoms with Crippen molar-refractivity contribution in [2.24, 2.45) is 0 Å². The number of halogens is 6. The number of fused-ring (bicyclic) bond motifs is 3. The molecular formula is C18H17F6N5O3. The predicted octanol–water partition coefficient (Wildman–Crippen LogP) is 3.41. The number of nitrogens with one attached hydrogen (secondary N) is 1. The van der Waals surface area contributed by atoms with Gasteiger partial charge < -0.3 is 25.5 Å². The number of carboxylic acids is 1. The van der Waals surface area contributed by atoms with E-state index in [4.69, 9.17) is 20.1 Å². The molecule has 0 aliphatic carbocycles. The van der Waals surface area contributed by atoms with Crippen molar-refractivity contribution in [3.05, 3.63) is 23.8 Å². The Morgan fingerprint density at radius 2 is 1.91 bits per heavy atom. The fourth-order valence-electron chi connectivity index (χ4n) is 3.22. The van der Waals surface area contributed by atoms with Crippen LogP contribution in [0.25, 0.3) is 22.1 Å². The summed E-state index contributed by atoms with van der Waals surface area (Å²) in [6, 6.07) is 3.65. The second-order valence-corrected chi connectivity index (χ2v) is 6.92. The first-order chi connectivity index (χ1) is 14.8. The van der Waals surface area contributed by atoms with Crippen molar-refractivity contribution in [3.8, 4) is 0 Å². The fraction of sp³-hybridized carbons (Fsp3) is 0.389. The van der Waals surface area contributed by atoms with Gasteiger partial charge in [-0.1, -0.05) is 0 Å². The summed E-state index contributed by atoms with van der Waals surface area (Å²) in [5.41, 5.74) is 6.04. The molecule has 8 nitrogen and oxygen atoms in total. The van der Waals surface area contributed by atoms with E-state index in [1.807, 2.05) is 11.9 Å². The van der Waals surface area contributed by atoms with Crippen molar-refractivity contribution in [2.45, 2.75) is 24.8 Å². The first-order valence-electron chi connectivity index (χ1n) is 9.10. The van der Waals surface area contributed by atoms with Gasteiger partial charge in [0.25, 0.3) is 0 Å². The maximum atomic E-state index is 13.0. The number of furan rings is 1. The Bertz CT molecular complexity index is 1140. The monoisotopic (exact) mass is 465 g/mol. The number of nitrogens with two attached hydrogens (primary N) is 1. The lowest BCUT2D eigenvalue weighted by Gasteiger charge is -2.17. The maximum Gasteiger partial charge on any atom is 0.490 e. The number of aliphatic carboxylic acids is 1. The lowest BCUT2D eigenvalue weighted by Crippen LogP contribution is -2.30.